The van der Waals surface area contributed by atoms with Gasteiger partial charge in [-0.3, -0.25) is 4.79 Å². The number of carbonyl (C=O) groups excluding carboxylic acids is 1. The maximum Gasteiger partial charge on any atom is 0.224 e. The minimum absolute atomic E-state index is 0.0578. The van der Waals surface area contributed by atoms with Gasteiger partial charge in [-0.2, -0.15) is 11.8 Å². The highest BCUT2D eigenvalue weighted by molar-refractivity contribution is 7.99. The lowest BCUT2D eigenvalue weighted by Gasteiger charge is -2.27. The van der Waals surface area contributed by atoms with Crippen molar-refractivity contribution in [2.45, 2.75) is 32.2 Å². The summed E-state index contributed by atoms with van der Waals surface area (Å²) in [6.45, 7) is 4.41. The number of aliphatic hydroxyl groups excluding tert-OH is 1. The molecule has 4 nitrogen and oxygen atoms in total. The Morgan fingerprint density at radius 1 is 1.53 bits per heavy atom. The fraction of sp³-hybridized carbons (Fsp3) is 0.917. The molecule has 5 heteroatoms. The monoisotopic (exact) mass is 260 g/mol. The first-order valence-electron chi connectivity index (χ1n) is 6.47. The van der Waals surface area contributed by atoms with Crippen LogP contribution in [0.1, 0.15) is 26.2 Å². The van der Waals surface area contributed by atoms with Gasteiger partial charge < -0.3 is 15.3 Å². The minimum atomic E-state index is 0.0578. The first-order chi connectivity index (χ1) is 8.27. The van der Waals surface area contributed by atoms with E-state index in [0.717, 1.165) is 37.4 Å². The summed E-state index contributed by atoms with van der Waals surface area (Å²) in [6, 6.07) is 0.309. The van der Waals surface area contributed by atoms with Gasteiger partial charge in [0.1, 0.15) is 0 Å². The summed E-state index contributed by atoms with van der Waals surface area (Å²) in [7, 11) is 0. The van der Waals surface area contributed by atoms with E-state index in [-0.39, 0.29) is 12.5 Å². The van der Waals surface area contributed by atoms with E-state index in [9.17, 15) is 4.79 Å². The molecule has 1 fully saturated rings. The highest BCUT2D eigenvalue weighted by Crippen LogP contribution is 2.11. The van der Waals surface area contributed by atoms with E-state index in [1.165, 1.54) is 0 Å². The van der Waals surface area contributed by atoms with Gasteiger partial charge in [-0.25, -0.2) is 0 Å². The number of amides is 1. The predicted octanol–water partition coefficient (Wildman–Crippen LogP) is 0.702. The zero-order valence-electron chi connectivity index (χ0n) is 10.7. The van der Waals surface area contributed by atoms with Crippen LogP contribution in [0.2, 0.25) is 0 Å². The largest absolute Gasteiger partial charge is 0.395 e. The number of nitrogens with zero attached hydrogens (tertiary/aromatic N) is 1. The molecule has 17 heavy (non-hydrogen) atoms. The van der Waals surface area contributed by atoms with Crippen molar-refractivity contribution < 1.29 is 9.90 Å². The third kappa shape index (κ3) is 5.75. The molecular weight excluding hydrogens is 236 g/mol. The Bertz CT molecular complexity index is 221. The second-order valence-electron chi connectivity index (χ2n) is 4.39. The maximum atomic E-state index is 12.1. The molecule has 1 unspecified atom stereocenters. The molecule has 1 aliphatic heterocycles. The molecule has 0 aromatic heterocycles. The number of hydrogen-bond donors (Lipinski definition) is 2. The van der Waals surface area contributed by atoms with Crippen LogP contribution >= 0.6 is 11.8 Å². The normalized spacial score (nSPS) is 20.2. The van der Waals surface area contributed by atoms with E-state index in [4.69, 9.17) is 5.11 Å². The third-order valence-electron chi connectivity index (χ3n) is 2.92. The van der Waals surface area contributed by atoms with Crippen molar-refractivity contribution in [3.63, 3.8) is 0 Å². The average molecular weight is 260 g/mol. The SMILES string of the molecule is CCCCN(CCO)C(=O)CC1CSCCN1. The summed E-state index contributed by atoms with van der Waals surface area (Å²) < 4.78 is 0. The molecule has 0 bridgehead atoms. The lowest BCUT2D eigenvalue weighted by molar-refractivity contribution is -0.132. The van der Waals surface area contributed by atoms with E-state index < -0.39 is 0 Å². The second kappa shape index (κ2) is 8.78. The predicted molar refractivity (Wildman–Crippen MR) is 72.3 cm³/mol. The maximum absolute atomic E-state index is 12.1. The second-order valence-corrected chi connectivity index (χ2v) is 5.54. The Labute approximate surface area is 108 Å². The number of nitrogens with one attached hydrogen (secondary N) is 1. The van der Waals surface area contributed by atoms with E-state index in [1.54, 1.807) is 4.90 Å². The summed E-state index contributed by atoms with van der Waals surface area (Å²) in [5.41, 5.74) is 0. The van der Waals surface area contributed by atoms with Gasteiger partial charge in [0.15, 0.2) is 0 Å². The van der Waals surface area contributed by atoms with Crippen LogP contribution in [0.4, 0.5) is 0 Å². The number of rotatable bonds is 7. The molecule has 1 rings (SSSR count). The first-order valence-corrected chi connectivity index (χ1v) is 7.63. The van der Waals surface area contributed by atoms with Crippen molar-refractivity contribution >= 4 is 17.7 Å². The van der Waals surface area contributed by atoms with Crippen LogP contribution < -0.4 is 5.32 Å². The molecule has 0 radical (unpaired) electrons. The van der Waals surface area contributed by atoms with Crippen molar-refractivity contribution in [1.82, 2.24) is 10.2 Å². The van der Waals surface area contributed by atoms with Crippen LogP contribution in [0.25, 0.3) is 0 Å². The molecule has 0 aliphatic carbocycles. The van der Waals surface area contributed by atoms with Crippen molar-refractivity contribution in [3.05, 3.63) is 0 Å². The summed E-state index contributed by atoms with van der Waals surface area (Å²) in [4.78, 5) is 13.9. The van der Waals surface area contributed by atoms with Gasteiger partial charge >= 0.3 is 0 Å². The number of hydrogen-bond acceptors (Lipinski definition) is 4. The van der Waals surface area contributed by atoms with Crippen molar-refractivity contribution in [3.8, 4) is 0 Å². The first kappa shape index (κ1) is 14.8. The van der Waals surface area contributed by atoms with Crippen LogP contribution in [-0.4, -0.2) is 59.7 Å². The molecule has 1 amide bonds. The number of unbranched alkanes of at least 4 members (excludes halogenated alkanes) is 1. The lowest BCUT2D eigenvalue weighted by atomic mass is 10.2. The fourth-order valence-electron chi connectivity index (χ4n) is 1.92. The topological polar surface area (TPSA) is 52.6 Å². The lowest BCUT2D eigenvalue weighted by Crippen LogP contribution is -2.43. The summed E-state index contributed by atoms with van der Waals surface area (Å²) >= 11 is 1.91. The highest BCUT2D eigenvalue weighted by atomic mass is 32.2. The molecular formula is C12H24N2O2S. The quantitative estimate of drug-likeness (QED) is 0.707. The standard InChI is InChI=1S/C12H24N2O2S/c1-2-3-5-14(6-7-15)12(16)9-11-10-17-8-4-13-11/h11,13,15H,2-10H2,1H3. The van der Waals surface area contributed by atoms with Crippen LogP contribution in [0.15, 0.2) is 0 Å². The average Bonchev–Trinajstić information content (AvgIpc) is 2.35. The van der Waals surface area contributed by atoms with Gasteiger partial charge in [0.05, 0.1) is 6.61 Å². The van der Waals surface area contributed by atoms with Gasteiger partial charge in [-0.15, -0.1) is 0 Å². The van der Waals surface area contributed by atoms with Crippen molar-refractivity contribution in [2.75, 3.05) is 37.7 Å². The van der Waals surface area contributed by atoms with E-state index in [0.29, 0.717) is 19.0 Å². The van der Waals surface area contributed by atoms with E-state index in [1.807, 2.05) is 11.8 Å². The molecule has 100 valence electrons. The van der Waals surface area contributed by atoms with Crippen LogP contribution in [0, 0.1) is 0 Å². The van der Waals surface area contributed by atoms with Gasteiger partial charge in [0.25, 0.3) is 0 Å². The Balaban J connectivity index is 2.34. The number of thioether (sulfide) groups is 1. The number of aliphatic hydroxyl groups is 1. The molecule has 1 atom stereocenters. The van der Waals surface area contributed by atoms with Crippen LogP contribution in [0.5, 0.6) is 0 Å². The molecule has 0 aromatic rings. The van der Waals surface area contributed by atoms with E-state index in [2.05, 4.69) is 12.2 Å². The smallest absolute Gasteiger partial charge is 0.224 e. The van der Waals surface area contributed by atoms with Crippen LogP contribution in [-0.2, 0) is 4.79 Å². The molecule has 1 heterocycles. The molecule has 0 spiro atoms. The zero-order chi connectivity index (χ0) is 12.5. The third-order valence-corrected chi connectivity index (χ3v) is 4.05. The Morgan fingerprint density at radius 3 is 2.94 bits per heavy atom. The summed E-state index contributed by atoms with van der Waals surface area (Å²) in [5, 5.41) is 12.3. The van der Waals surface area contributed by atoms with E-state index >= 15 is 0 Å². The van der Waals surface area contributed by atoms with Crippen molar-refractivity contribution in [2.24, 2.45) is 0 Å². The molecule has 0 saturated carbocycles. The molecule has 2 N–H and O–H groups in total. The summed E-state index contributed by atoms with van der Waals surface area (Å²) in [5.74, 6) is 2.33. The Kier molecular flexibility index (Phi) is 7.64. The van der Waals surface area contributed by atoms with Gasteiger partial charge in [0, 0.05) is 43.6 Å². The molecule has 1 saturated heterocycles. The Hall–Kier alpha value is -0.260. The van der Waals surface area contributed by atoms with Gasteiger partial charge in [-0.1, -0.05) is 13.3 Å². The fourth-order valence-corrected chi connectivity index (χ4v) is 2.87. The minimum Gasteiger partial charge on any atom is -0.395 e. The molecule has 1 aliphatic rings. The summed E-state index contributed by atoms with van der Waals surface area (Å²) in [6.07, 6.45) is 2.65. The highest BCUT2D eigenvalue weighted by Gasteiger charge is 2.20. The van der Waals surface area contributed by atoms with Gasteiger partial charge in [-0.05, 0) is 6.42 Å². The number of carbonyl (C=O) groups is 1. The van der Waals surface area contributed by atoms with Crippen molar-refractivity contribution in [1.29, 1.82) is 0 Å². The Morgan fingerprint density at radius 2 is 2.35 bits per heavy atom. The zero-order valence-corrected chi connectivity index (χ0v) is 11.5. The van der Waals surface area contributed by atoms with Gasteiger partial charge in [0.2, 0.25) is 5.91 Å². The van der Waals surface area contributed by atoms with Crippen LogP contribution in [0.3, 0.4) is 0 Å². The molecule has 0 aromatic carbocycles.